The largest absolute Gasteiger partial charge is 0.499 e. The highest BCUT2D eigenvalue weighted by atomic mass is 79.9. The average Bonchev–Trinajstić information content (AvgIpc) is 2.11. The number of ether oxygens (including phenoxy) is 1. The lowest BCUT2D eigenvalue weighted by atomic mass is 10.3. The van der Waals surface area contributed by atoms with Crippen LogP contribution in [0.15, 0.2) is 22.7 Å². The Morgan fingerprint density at radius 1 is 1.06 bits per heavy atom. The van der Waals surface area contributed by atoms with Gasteiger partial charge in [0.1, 0.15) is 11.6 Å². The molecule has 0 N–H and O–H groups in total. The van der Waals surface area contributed by atoms with Gasteiger partial charge in [-0.1, -0.05) is 6.07 Å². The Hall–Kier alpha value is -0.920. The Labute approximate surface area is 94.1 Å². The monoisotopic (exact) mass is 308 g/mol. The maximum atomic E-state index is 12.8. The van der Waals surface area contributed by atoms with Gasteiger partial charge < -0.3 is 4.74 Å². The quantitative estimate of drug-likeness (QED) is 0.747. The van der Waals surface area contributed by atoms with E-state index in [-0.39, 0.29) is 0 Å². The predicted molar refractivity (Wildman–Crippen MR) is 45.7 cm³/mol. The van der Waals surface area contributed by atoms with Gasteiger partial charge in [-0.25, -0.2) is 4.39 Å². The second-order valence-corrected chi connectivity index (χ2v) is 3.46. The molecule has 1 aromatic rings. The normalized spacial score (nSPS) is 12.7. The molecule has 0 aromatic heterocycles. The number of benzene rings is 1. The molecule has 16 heavy (non-hydrogen) atoms. The van der Waals surface area contributed by atoms with Gasteiger partial charge in [-0.3, -0.25) is 0 Å². The lowest BCUT2D eigenvalue weighted by molar-refractivity contribution is -0.360. The minimum absolute atomic E-state index is 0.598. The van der Waals surface area contributed by atoms with Gasteiger partial charge in [0.25, 0.3) is 0 Å². The molecule has 0 aliphatic carbocycles. The Balaban J connectivity index is 3.02. The molecular weight excluding hydrogens is 306 g/mol. The second kappa shape index (κ2) is 4.15. The molecule has 0 amide bonds. The van der Waals surface area contributed by atoms with Crippen molar-refractivity contribution in [1.82, 2.24) is 0 Å². The molecular formula is C8H3BrF6O. The molecule has 0 saturated heterocycles. The first-order valence-electron chi connectivity index (χ1n) is 3.73. The summed E-state index contributed by atoms with van der Waals surface area (Å²) in [5.74, 6) is -1.93. The first-order valence-corrected chi connectivity index (χ1v) is 4.52. The zero-order valence-electron chi connectivity index (χ0n) is 7.29. The van der Waals surface area contributed by atoms with Crippen LogP contribution in [0.5, 0.6) is 5.75 Å². The van der Waals surface area contributed by atoms with Crippen LogP contribution in [-0.4, -0.2) is 12.3 Å². The van der Waals surface area contributed by atoms with E-state index < -0.39 is 28.3 Å². The summed E-state index contributed by atoms with van der Waals surface area (Å²) in [6.45, 7) is 0. The van der Waals surface area contributed by atoms with Crippen LogP contribution in [0.2, 0.25) is 0 Å². The molecule has 0 aliphatic rings. The van der Waals surface area contributed by atoms with Gasteiger partial charge in [-0.15, -0.1) is 0 Å². The van der Waals surface area contributed by atoms with E-state index in [1.807, 2.05) is 0 Å². The minimum atomic E-state index is -5.86. The van der Waals surface area contributed by atoms with Crippen molar-refractivity contribution in [3.05, 3.63) is 28.5 Å². The lowest BCUT2D eigenvalue weighted by Gasteiger charge is -2.20. The summed E-state index contributed by atoms with van der Waals surface area (Å²) in [5.41, 5.74) is 0. The molecule has 90 valence electrons. The van der Waals surface area contributed by atoms with Crippen LogP contribution in [0.3, 0.4) is 0 Å². The van der Waals surface area contributed by atoms with E-state index in [0.29, 0.717) is 0 Å². The highest BCUT2D eigenvalue weighted by Gasteiger charge is 2.61. The van der Waals surface area contributed by atoms with Crippen molar-refractivity contribution in [2.75, 3.05) is 0 Å². The molecule has 0 heterocycles. The van der Waals surface area contributed by atoms with Crippen LogP contribution in [0, 0.1) is 5.82 Å². The second-order valence-electron chi connectivity index (χ2n) is 2.67. The van der Waals surface area contributed by atoms with Crippen molar-refractivity contribution < 1.29 is 31.1 Å². The summed E-state index contributed by atoms with van der Waals surface area (Å²) in [5, 5.41) is 0. The third-order valence-electron chi connectivity index (χ3n) is 1.48. The molecule has 8 heteroatoms. The van der Waals surface area contributed by atoms with E-state index in [2.05, 4.69) is 20.7 Å². The molecule has 1 aromatic carbocycles. The van der Waals surface area contributed by atoms with Crippen LogP contribution in [0.1, 0.15) is 0 Å². The zero-order chi connectivity index (χ0) is 12.6. The van der Waals surface area contributed by atoms with Crippen molar-refractivity contribution in [2.24, 2.45) is 0 Å². The van der Waals surface area contributed by atoms with E-state index in [1.54, 1.807) is 0 Å². The standard InChI is InChI=1S/C8H3BrF6O/c9-6-4(10)2-1-3-5(6)16-8(14,15)7(11,12)13/h1-3H. The van der Waals surface area contributed by atoms with E-state index in [4.69, 9.17) is 0 Å². The molecule has 1 rings (SSSR count). The summed E-state index contributed by atoms with van der Waals surface area (Å²) in [6.07, 6.45) is -11.2. The van der Waals surface area contributed by atoms with Gasteiger partial charge in [0.05, 0.1) is 4.47 Å². The van der Waals surface area contributed by atoms with Gasteiger partial charge in [-0.05, 0) is 28.1 Å². The fraction of sp³-hybridized carbons (Fsp3) is 0.250. The molecule has 0 atom stereocenters. The van der Waals surface area contributed by atoms with E-state index in [1.165, 1.54) is 0 Å². The first kappa shape index (κ1) is 13.1. The molecule has 0 radical (unpaired) electrons. The van der Waals surface area contributed by atoms with Crippen LogP contribution >= 0.6 is 15.9 Å². The maximum absolute atomic E-state index is 12.8. The summed E-state index contributed by atoms with van der Waals surface area (Å²) in [4.78, 5) is 0. The Kier molecular flexibility index (Phi) is 3.41. The Bertz CT molecular complexity index is 389. The number of halogens is 7. The minimum Gasteiger partial charge on any atom is -0.424 e. The fourth-order valence-corrected chi connectivity index (χ4v) is 1.10. The third kappa shape index (κ3) is 2.60. The molecule has 0 bridgehead atoms. The highest BCUT2D eigenvalue weighted by molar-refractivity contribution is 9.10. The third-order valence-corrected chi connectivity index (χ3v) is 2.25. The van der Waals surface area contributed by atoms with Crippen LogP contribution < -0.4 is 4.74 Å². The van der Waals surface area contributed by atoms with Gasteiger partial charge in [0.2, 0.25) is 0 Å². The summed E-state index contributed by atoms with van der Waals surface area (Å²) >= 11 is 2.50. The molecule has 0 saturated carbocycles. The summed E-state index contributed by atoms with van der Waals surface area (Å²) in [6, 6.07) is 2.61. The highest BCUT2D eigenvalue weighted by Crippen LogP contribution is 2.39. The topological polar surface area (TPSA) is 9.23 Å². The van der Waals surface area contributed by atoms with Crippen LogP contribution in [0.4, 0.5) is 26.3 Å². The Morgan fingerprint density at radius 2 is 1.62 bits per heavy atom. The molecule has 0 spiro atoms. The fourth-order valence-electron chi connectivity index (χ4n) is 0.759. The number of rotatable bonds is 2. The first-order chi connectivity index (χ1) is 7.15. The zero-order valence-corrected chi connectivity index (χ0v) is 8.87. The molecule has 0 unspecified atom stereocenters. The van der Waals surface area contributed by atoms with Crippen LogP contribution in [-0.2, 0) is 0 Å². The van der Waals surface area contributed by atoms with Crippen molar-refractivity contribution in [3.63, 3.8) is 0 Å². The number of hydrogen-bond donors (Lipinski definition) is 0. The average molecular weight is 309 g/mol. The molecule has 0 fully saturated rings. The SMILES string of the molecule is Fc1cccc(OC(F)(F)C(F)(F)F)c1Br. The van der Waals surface area contributed by atoms with Gasteiger partial charge in [0.15, 0.2) is 0 Å². The maximum Gasteiger partial charge on any atom is 0.499 e. The summed E-state index contributed by atoms with van der Waals surface area (Å²) in [7, 11) is 0. The smallest absolute Gasteiger partial charge is 0.424 e. The Morgan fingerprint density at radius 3 is 2.12 bits per heavy atom. The van der Waals surface area contributed by atoms with Crippen molar-refractivity contribution >= 4 is 15.9 Å². The predicted octanol–water partition coefficient (Wildman–Crippen LogP) is 4.12. The van der Waals surface area contributed by atoms with Crippen LogP contribution in [0.25, 0.3) is 0 Å². The van der Waals surface area contributed by atoms with E-state index in [0.717, 1.165) is 18.2 Å². The van der Waals surface area contributed by atoms with Gasteiger partial charge in [0, 0.05) is 0 Å². The van der Waals surface area contributed by atoms with E-state index >= 15 is 0 Å². The van der Waals surface area contributed by atoms with Gasteiger partial charge >= 0.3 is 12.3 Å². The van der Waals surface area contributed by atoms with Gasteiger partial charge in [-0.2, -0.15) is 22.0 Å². The van der Waals surface area contributed by atoms with Crippen molar-refractivity contribution in [1.29, 1.82) is 0 Å². The van der Waals surface area contributed by atoms with Crippen molar-refractivity contribution in [2.45, 2.75) is 12.3 Å². The van der Waals surface area contributed by atoms with Crippen molar-refractivity contribution in [3.8, 4) is 5.75 Å². The lowest BCUT2D eigenvalue weighted by Crippen LogP contribution is -2.42. The number of alkyl halides is 5. The number of hydrogen-bond acceptors (Lipinski definition) is 1. The molecule has 1 nitrogen and oxygen atoms in total. The van der Waals surface area contributed by atoms with E-state index in [9.17, 15) is 26.3 Å². The summed E-state index contributed by atoms with van der Waals surface area (Å²) < 4.78 is 75.8. The molecule has 0 aliphatic heterocycles.